The molecule has 5 atom stereocenters. The van der Waals surface area contributed by atoms with Crippen molar-refractivity contribution in [2.45, 2.75) is 30.7 Å². The molecule has 0 amide bonds. The van der Waals surface area contributed by atoms with Crippen LogP contribution in [0, 0.1) is 0 Å². The lowest BCUT2D eigenvalue weighted by Crippen LogP contribution is -2.62. The molecule has 22 nitrogen and oxygen atoms in total. The number of hydrogen-bond acceptors (Lipinski definition) is 22. The third-order valence-corrected chi connectivity index (χ3v) is 7.93. The zero-order valence-electron chi connectivity index (χ0n) is 27.7. The van der Waals surface area contributed by atoms with Crippen LogP contribution in [0.1, 0.15) is 41.4 Å². The smallest absolute Gasteiger partial charge is 0.340 e. The van der Waals surface area contributed by atoms with Gasteiger partial charge in [-0.25, -0.2) is 19.2 Å². The summed E-state index contributed by atoms with van der Waals surface area (Å²) in [4.78, 5) is 52.9. The molecule has 0 bridgehead atoms. The highest BCUT2D eigenvalue weighted by molar-refractivity contribution is 5.93. The summed E-state index contributed by atoms with van der Waals surface area (Å²) in [5.74, 6) is -18.1. The Kier molecular flexibility index (Phi) is 10.8. The van der Waals surface area contributed by atoms with Crippen molar-refractivity contribution in [3.63, 3.8) is 0 Å². The second-order valence-corrected chi connectivity index (χ2v) is 11.7. The Bertz CT molecular complexity index is 2140. The molecule has 4 aromatic rings. The van der Waals surface area contributed by atoms with Crippen molar-refractivity contribution in [1.29, 1.82) is 0 Å². The van der Waals surface area contributed by atoms with E-state index in [9.17, 15) is 85.6 Å². The van der Waals surface area contributed by atoms with E-state index < -0.39 is 152 Å². The van der Waals surface area contributed by atoms with E-state index in [0.29, 0.717) is 48.5 Å². The number of carbonyl (C=O) groups excluding carboxylic acids is 4. The highest BCUT2D eigenvalue weighted by atomic mass is 16.7. The molecule has 13 N–H and O–H groups in total. The Morgan fingerprint density at radius 2 is 0.732 bits per heavy atom. The summed E-state index contributed by atoms with van der Waals surface area (Å²) in [6, 6.07) is 5.01. The molecule has 0 radical (unpaired) electrons. The van der Waals surface area contributed by atoms with Gasteiger partial charge in [-0.1, -0.05) is 0 Å². The molecule has 0 unspecified atom stereocenters. The Labute approximate surface area is 310 Å². The summed E-state index contributed by atoms with van der Waals surface area (Å²) in [6.07, 6.45) is -11.2. The van der Waals surface area contributed by atoms with Gasteiger partial charge in [0.1, 0.15) is 18.8 Å². The zero-order valence-corrected chi connectivity index (χ0v) is 27.7. The van der Waals surface area contributed by atoms with Gasteiger partial charge in [-0.15, -0.1) is 0 Å². The largest absolute Gasteiger partial charge is 0.504 e. The molecular formula is C34H28O22. The van der Waals surface area contributed by atoms with E-state index in [1.54, 1.807) is 0 Å². The molecule has 1 aliphatic heterocycles. The molecule has 0 aromatic heterocycles. The van der Waals surface area contributed by atoms with Gasteiger partial charge >= 0.3 is 23.9 Å². The van der Waals surface area contributed by atoms with E-state index in [2.05, 4.69) is 0 Å². The van der Waals surface area contributed by atoms with Gasteiger partial charge in [0.25, 0.3) is 0 Å². The van der Waals surface area contributed by atoms with Crippen LogP contribution in [-0.4, -0.2) is 128 Å². The van der Waals surface area contributed by atoms with Gasteiger partial charge in [0, 0.05) is 0 Å². The van der Waals surface area contributed by atoms with E-state index in [0.717, 1.165) is 0 Å². The molecule has 22 heteroatoms. The molecule has 1 aliphatic rings. The summed E-state index contributed by atoms with van der Waals surface area (Å²) < 4.78 is 26.7. The maximum Gasteiger partial charge on any atom is 0.340 e. The summed E-state index contributed by atoms with van der Waals surface area (Å²) in [5.41, 5.74) is -2.65. The van der Waals surface area contributed by atoms with E-state index in [4.69, 9.17) is 23.7 Å². The van der Waals surface area contributed by atoms with Crippen LogP contribution in [0.5, 0.6) is 69.0 Å². The number of aromatic hydroxyl groups is 12. The molecule has 56 heavy (non-hydrogen) atoms. The Morgan fingerprint density at radius 3 is 1.07 bits per heavy atom. The van der Waals surface area contributed by atoms with Crippen LogP contribution in [-0.2, 0) is 23.7 Å². The summed E-state index contributed by atoms with van der Waals surface area (Å²) in [7, 11) is 0. The van der Waals surface area contributed by atoms with Crippen LogP contribution in [0.2, 0.25) is 0 Å². The fourth-order valence-electron chi connectivity index (χ4n) is 5.07. The van der Waals surface area contributed by atoms with Crippen LogP contribution in [0.4, 0.5) is 0 Å². The Morgan fingerprint density at radius 1 is 0.446 bits per heavy atom. The number of hydrogen-bond donors (Lipinski definition) is 13. The summed E-state index contributed by atoms with van der Waals surface area (Å²) in [6.45, 7) is -1.06. The van der Waals surface area contributed by atoms with Crippen LogP contribution < -0.4 is 0 Å². The lowest BCUT2D eigenvalue weighted by molar-refractivity contribution is -0.283. The maximum atomic E-state index is 13.4. The second kappa shape index (κ2) is 15.3. The average molecular weight is 789 g/mol. The molecule has 1 fully saturated rings. The topological polar surface area (TPSA) is 377 Å². The van der Waals surface area contributed by atoms with E-state index in [1.807, 2.05) is 0 Å². The number of phenols is 12. The number of carbonyl (C=O) groups is 4. The van der Waals surface area contributed by atoms with Crippen LogP contribution >= 0.6 is 0 Å². The fourth-order valence-corrected chi connectivity index (χ4v) is 5.07. The van der Waals surface area contributed by atoms with Crippen molar-refractivity contribution >= 4 is 23.9 Å². The molecule has 1 heterocycles. The number of aliphatic hydroxyl groups is 1. The molecule has 0 saturated carbocycles. The molecule has 5 rings (SSSR count). The first-order valence-corrected chi connectivity index (χ1v) is 15.4. The SMILES string of the molecule is O=C(OC[C@@H]1O[C@@H](OC(=O)c2cc(O)c(O)c(O)c2)[C@H](OC(=O)c2cc(O)c(O)c(O)c2)[C@@H](OC(=O)c2cc(O)c(O)c(O)c2)[C@@H]1O)c1cc(O)c(O)c(O)c1. The minimum absolute atomic E-state index is 0.555. The van der Waals surface area contributed by atoms with Gasteiger partial charge in [0.05, 0.1) is 22.3 Å². The molecule has 0 spiro atoms. The van der Waals surface area contributed by atoms with E-state index >= 15 is 0 Å². The highest BCUT2D eigenvalue weighted by Gasteiger charge is 2.52. The van der Waals surface area contributed by atoms with Crippen molar-refractivity contribution in [3.8, 4) is 69.0 Å². The van der Waals surface area contributed by atoms with Gasteiger partial charge in [0.15, 0.2) is 75.1 Å². The number of benzene rings is 4. The Hall–Kier alpha value is -7.72. The molecule has 0 aliphatic carbocycles. The van der Waals surface area contributed by atoms with Crippen molar-refractivity contribution in [1.82, 2.24) is 0 Å². The predicted octanol–water partition coefficient (Wildman–Crippen LogP) is 0.705. The minimum atomic E-state index is -2.36. The minimum Gasteiger partial charge on any atom is -0.504 e. The second-order valence-electron chi connectivity index (χ2n) is 11.7. The van der Waals surface area contributed by atoms with Crippen molar-refractivity contribution < 1.29 is 109 Å². The number of phenolic OH excluding ortho intramolecular Hbond substituents is 12. The van der Waals surface area contributed by atoms with Gasteiger partial charge in [-0.05, 0) is 48.5 Å². The third-order valence-electron chi connectivity index (χ3n) is 7.93. The maximum absolute atomic E-state index is 13.4. The molecule has 4 aromatic carbocycles. The van der Waals surface area contributed by atoms with Gasteiger partial charge in [-0.2, -0.15) is 0 Å². The van der Waals surface area contributed by atoms with Crippen molar-refractivity contribution in [3.05, 3.63) is 70.8 Å². The van der Waals surface area contributed by atoms with Crippen molar-refractivity contribution in [2.75, 3.05) is 6.61 Å². The van der Waals surface area contributed by atoms with E-state index in [1.165, 1.54) is 0 Å². The average Bonchev–Trinajstić information content (AvgIpc) is 3.14. The van der Waals surface area contributed by atoms with Crippen LogP contribution in [0.25, 0.3) is 0 Å². The first-order chi connectivity index (χ1) is 26.3. The number of rotatable bonds is 9. The molecule has 1 saturated heterocycles. The van der Waals surface area contributed by atoms with Crippen molar-refractivity contribution in [2.24, 2.45) is 0 Å². The number of ether oxygens (including phenoxy) is 5. The predicted molar refractivity (Wildman–Crippen MR) is 175 cm³/mol. The standard InChI is InChI=1S/C34H28O22/c35-14-1-10(2-15(36)23(14)43)30(48)52-9-22-27(47)28(54-31(49)11-3-16(37)24(44)17(38)4-11)29(55-32(50)12-5-18(39)25(45)19(40)6-12)34(53-22)56-33(51)13-7-20(41)26(46)21(42)8-13/h1-8,22,27-29,34-47H,9H2/t22-,27+,28-,29+,34-/m0/s1. The normalized spacial score (nSPS) is 19.1. The highest BCUT2D eigenvalue weighted by Crippen LogP contribution is 2.40. The summed E-state index contributed by atoms with van der Waals surface area (Å²) >= 11 is 0. The lowest BCUT2D eigenvalue weighted by atomic mass is 9.98. The first kappa shape index (κ1) is 39.5. The number of esters is 4. The lowest BCUT2D eigenvalue weighted by Gasteiger charge is -2.42. The third kappa shape index (κ3) is 7.95. The van der Waals surface area contributed by atoms with Gasteiger partial charge in [0.2, 0.25) is 12.4 Å². The molecular weight excluding hydrogens is 760 g/mol. The summed E-state index contributed by atoms with van der Waals surface area (Å²) in [5, 5.41) is 129. The first-order valence-electron chi connectivity index (χ1n) is 15.4. The number of aliphatic hydroxyl groups excluding tert-OH is 1. The van der Waals surface area contributed by atoms with Gasteiger partial charge in [-0.3, -0.25) is 0 Å². The Balaban J connectivity index is 1.55. The fraction of sp³-hybridized carbons (Fsp3) is 0.176. The van der Waals surface area contributed by atoms with Crippen LogP contribution in [0.15, 0.2) is 48.5 Å². The van der Waals surface area contributed by atoms with Gasteiger partial charge < -0.3 is 90.1 Å². The monoisotopic (exact) mass is 788 g/mol. The van der Waals surface area contributed by atoms with Crippen LogP contribution in [0.3, 0.4) is 0 Å². The molecule has 296 valence electrons. The van der Waals surface area contributed by atoms with E-state index in [-0.39, 0.29) is 0 Å². The zero-order chi connectivity index (χ0) is 41.3. The quantitative estimate of drug-likeness (QED) is 0.0630.